The minimum atomic E-state index is -0.797. The molecule has 1 spiro atoms. The number of hydrogen-bond donors (Lipinski definition) is 4. The van der Waals surface area contributed by atoms with Crippen molar-refractivity contribution in [3.05, 3.63) is 47.4 Å². The van der Waals surface area contributed by atoms with E-state index in [9.17, 15) is 24.9 Å². The zero-order valence-electron chi connectivity index (χ0n) is 25.8. The number of carbonyl (C=O) groups excluding carboxylic acids is 2. The normalized spacial score (nSPS) is 41.3. The van der Waals surface area contributed by atoms with E-state index in [2.05, 4.69) is 45.2 Å². The molecule has 8 heteroatoms. The van der Waals surface area contributed by atoms with Gasteiger partial charge in [0, 0.05) is 24.3 Å². The van der Waals surface area contributed by atoms with Crippen LogP contribution in [0.2, 0.25) is 0 Å². The van der Waals surface area contributed by atoms with Crippen molar-refractivity contribution in [3.63, 3.8) is 0 Å². The topological polar surface area (TPSA) is 125 Å². The summed E-state index contributed by atoms with van der Waals surface area (Å²) >= 11 is 0. The number of aliphatic hydroxyl groups excluding tert-OH is 1. The predicted molar refractivity (Wildman–Crippen MR) is 161 cm³/mol. The second-order valence-electron chi connectivity index (χ2n) is 14.2. The number of Topliss-reactive ketones (excluding diaryl/α,β-unsaturated/α-hetero) is 1. The van der Waals surface area contributed by atoms with Crippen molar-refractivity contribution in [2.24, 2.45) is 47.3 Å². The first-order valence-electron chi connectivity index (χ1n) is 16.3. The number of ketones is 1. The molecule has 6 rings (SSSR count). The van der Waals surface area contributed by atoms with Crippen molar-refractivity contribution in [1.82, 2.24) is 5.32 Å². The molecule has 4 N–H and O–H groups in total. The number of aromatic hydroxyl groups is 2. The summed E-state index contributed by atoms with van der Waals surface area (Å²) in [5, 5.41) is 33.5. The lowest BCUT2D eigenvalue weighted by Crippen LogP contribution is -2.53. The lowest BCUT2D eigenvalue weighted by molar-refractivity contribution is -0.348. The lowest BCUT2D eigenvalue weighted by Gasteiger charge is -2.52. The van der Waals surface area contributed by atoms with Crippen molar-refractivity contribution < 1.29 is 34.4 Å². The first kappa shape index (κ1) is 30.2. The van der Waals surface area contributed by atoms with Gasteiger partial charge in [-0.2, -0.15) is 0 Å². The molecule has 3 aliphatic heterocycles. The second kappa shape index (κ2) is 11.6. The Morgan fingerprint density at radius 2 is 1.67 bits per heavy atom. The maximum atomic E-state index is 14.2. The van der Waals surface area contributed by atoms with Crippen molar-refractivity contribution in [2.45, 2.75) is 97.1 Å². The summed E-state index contributed by atoms with van der Waals surface area (Å²) in [5.41, 5.74) is 0.817. The molecule has 8 nitrogen and oxygen atoms in total. The van der Waals surface area contributed by atoms with Crippen LogP contribution in [-0.2, 0) is 19.1 Å². The Morgan fingerprint density at radius 1 is 0.930 bits per heavy atom. The zero-order valence-corrected chi connectivity index (χ0v) is 25.8. The minimum absolute atomic E-state index is 0.00451. The molecule has 1 saturated carbocycles. The Kier molecular flexibility index (Phi) is 8.14. The SMILES string of the molecule is C[C@@H]1[C@@H]2[C@@H](C(=O)C3=C(O)CC(=O)N3)[C@H](C[C@H]3CC[C@@H](C)[C@@]4(CC[C@@H](C)[C@H](c5cc(O)cc(O)c5)O4)O3)C=C[C@@H]2CC[C@H]1C. The van der Waals surface area contributed by atoms with Gasteiger partial charge < -0.3 is 30.1 Å². The monoisotopic (exact) mass is 593 g/mol. The number of phenols is 2. The first-order chi connectivity index (χ1) is 20.5. The summed E-state index contributed by atoms with van der Waals surface area (Å²) in [7, 11) is 0. The molecule has 0 unspecified atom stereocenters. The Bertz CT molecular complexity index is 1300. The van der Waals surface area contributed by atoms with Crippen LogP contribution in [0.4, 0.5) is 0 Å². The fourth-order valence-corrected chi connectivity index (χ4v) is 8.83. The van der Waals surface area contributed by atoms with Crippen LogP contribution in [0, 0.1) is 47.3 Å². The van der Waals surface area contributed by atoms with Crippen molar-refractivity contribution >= 4 is 11.7 Å². The maximum Gasteiger partial charge on any atom is 0.232 e. The van der Waals surface area contributed by atoms with Crippen LogP contribution in [0.3, 0.4) is 0 Å². The van der Waals surface area contributed by atoms with E-state index in [1.807, 2.05) is 0 Å². The Labute approximate surface area is 254 Å². The second-order valence-corrected chi connectivity index (χ2v) is 14.2. The van der Waals surface area contributed by atoms with Gasteiger partial charge in [0.25, 0.3) is 0 Å². The number of nitrogens with one attached hydrogen (secondary N) is 1. The van der Waals surface area contributed by atoms with Crippen LogP contribution < -0.4 is 5.32 Å². The molecule has 5 aliphatic rings. The summed E-state index contributed by atoms with van der Waals surface area (Å²) in [6.45, 7) is 8.82. The van der Waals surface area contributed by atoms with Crippen LogP contribution in [-0.4, -0.2) is 38.9 Å². The number of ether oxygens (including phenoxy) is 2. The van der Waals surface area contributed by atoms with E-state index in [-0.39, 0.29) is 82.9 Å². The molecule has 3 fully saturated rings. The summed E-state index contributed by atoms with van der Waals surface area (Å²) in [5.74, 6) is -0.262. The molecule has 0 bridgehead atoms. The van der Waals surface area contributed by atoms with Crippen LogP contribution in [0.5, 0.6) is 11.5 Å². The number of hydrogen-bond acceptors (Lipinski definition) is 7. The quantitative estimate of drug-likeness (QED) is 0.289. The van der Waals surface area contributed by atoms with Gasteiger partial charge in [-0.15, -0.1) is 0 Å². The molecule has 43 heavy (non-hydrogen) atoms. The minimum Gasteiger partial charge on any atom is -0.509 e. The third-order valence-electron chi connectivity index (χ3n) is 11.5. The molecule has 1 aromatic rings. The Morgan fingerprint density at radius 3 is 2.37 bits per heavy atom. The smallest absolute Gasteiger partial charge is 0.232 e. The highest BCUT2D eigenvalue weighted by atomic mass is 16.7. The highest BCUT2D eigenvalue weighted by Crippen LogP contribution is 2.53. The third kappa shape index (κ3) is 5.61. The van der Waals surface area contributed by atoms with Gasteiger partial charge in [-0.3, -0.25) is 9.59 Å². The van der Waals surface area contributed by atoms with Crippen molar-refractivity contribution in [1.29, 1.82) is 0 Å². The van der Waals surface area contributed by atoms with Gasteiger partial charge in [-0.1, -0.05) is 39.8 Å². The fourth-order valence-electron chi connectivity index (χ4n) is 8.83. The van der Waals surface area contributed by atoms with Gasteiger partial charge >= 0.3 is 0 Å². The zero-order chi connectivity index (χ0) is 30.6. The van der Waals surface area contributed by atoms with Gasteiger partial charge in [0.2, 0.25) is 5.91 Å². The predicted octanol–water partition coefficient (Wildman–Crippen LogP) is 6.45. The summed E-state index contributed by atoms with van der Waals surface area (Å²) < 4.78 is 13.8. The van der Waals surface area contributed by atoms with E-state index in [1.165, 1.54) is 6.07 Å². The molecule has 0 radical (unpaired) electrons. The van der Waals surface area contributed by atoms with Crippen LogP contribution in [0.25, 0.3) is 0 Å². The van der Waals surface area contributed by atoms with Gasteiger partial charge in [-0.05, 0) is 91.7 Å². The average molecular weight is 594 g/mol. The van der Waals surface area contributed by atoms with Gasteiger partial charge in [0.1, 0.15) is 23.0 Å². The van der Waals surface area contributed by atoms with E-state index in [0.29, 0.717) is 24.2 Å². The number of rotatable bonds is 5. The van der Waals surface area contributed by atoms with Gasteiger partial charge in [-0.25, -0.2) is 0 Å². The standard InChI is InChI=1S/C35H47NO7/c1-18-5-7-22-8-9-23(31(30(22)21(18)4)33(41)32-28(39)17-29(40)36-32)15-27-10-6-20(3)35(42-27)12-11-19(2)34(43-35)24-13-25(37)16-26(38)14-24/h8-9,13-14,16,18-23,27,30-31,34,37-39H,5-7,10-12,15,17H2,1-4H3,(H,36,40)/t18-,19-,20-,21+,22+,23+,27-,30+,31+,34-,35+/m1/s1. The van der Waals surface area contributed by atoms with Crippen molar-refractivity contribution in [2.75, 3.05) is 0 Å². The van der Waals surface area contributed by atoms with Crippen molar-refractivity contribution in [3.8, 4) is 11.5 Å². The highest BCUT2D eigenvalue weighted by molar-refractivity contribution is 6.04. The molecule has 0 aromatic heterocycles. The van der Waals surface area contributed by atoms with E-state index >= 15 is 0 Å². The fraction of sp³-hybridized carbons (Fsp3) is 0.657. The summed E-state index contributed by atoms with van der Waals surface area (Å²) in [6.07, 6.45) is 10.2. The summed E-state index contributed by atoms with van der Waals surface area (Å²) in [4.78, 5) is 26.3. The number of phenolic OH excluding ortho intramolecular Hbond substituents is 2. The van der Waals surface area contributed by atoms with Crippen LogP contribution in [0.15, 0.2) is 41.8 Å². The molecule has 11 atom stereocenters. The highest BCUT2D eigenvalue weighted by Gasteiger charge is 2.52. The Hall–Kier alpha value is -2.84. The van der Waals surface area contributed by atoms with Gasteiger partial charge in [0.15, 0.2) is 11.6 Å². The van der Waals surface area contributed by atoms with E-state index in [4.69, 9.17) is 9.47 Å². The number of amides is 1. The molecule has 1 amide bonds. The van der Waals surface area contributed by atoms with E-state index in [0.717, 1.165) is 44.1 Å². The molecule has 1 aromatic carbocycles. The average Bonchev–Trinajstić information content (AvgIpc) is 3.30. The van der Waals surface area contributed by atoms with Gasteiger partial charge in [0.05, 0.1) is 18.6 Å². The largest absolute Gasteiger partial charge is 0.509 e. The number of benzene rings is 1. The summed E-state index contributed by atoms with van der Waals surface area (Å²) in [6, 6.07) is 4.63. The molecular weight excluding hydrogens is 546 g/mol. The number of allylic oxidation sites excluding steroid dienone is 3. The van der Waals surface area contributed by atoms with Crippen LogP contribution >= 0.6 is 0 Å². The first-order valence-corrected chi connectivity index (χ1v) is 16.3. The van der Waals surface area contributed by atoms with E-state index in [1.54, 1.807) is 12.1 Å². The number of carbonyl (C=O) groups is 2. The Balaban J connectivity index is 1.27. The number of fused-ring (bicyclic) bond motifs is 1. The molecule has 2 saturated heterocycles. The number of aliphatic hydroxyl groups is 1. The third-order valence-corrected chi connectivity index (χ3v) is 11.5. The molecular formula is C35H47NO7. The molecule has 3 heterocycles. The van der Waals surface area contributed by atoms with E-state index < -0.39 is 5.79 Å². The lowest BCUT2D eigenvalue weighted by atomic mass is 9.56. The van der Waals surface area contributed by atoms with Crippen LogP contribution in [0.1, 0.15) is 90.7 Å². The molecule has 234 valence electrons. The maximum absolute atomic E-state index is 14.2. The molecule has 2 aliphatic carbocycles.